The molecule has 1 aromatic heterocycles. The molecule has 0 aliphatic carbocycles. The molecule has 0 fully saturated rings. The zero-order valence-electron chi connectivity index (χ0n) is 17.8. The molecule has 7 nitrogen and oxygen atoms in total. The number of alkyl halides is 3. The van der Waals surface area contributed by atoms with E-state index in [1.807, 2.05) is 60.7 Å². The molecule has 0 bridgehead atoms. The minimum Gasteiger partial charge on any atom is -0.353 e. The second-order valence-electron chi connectivity index (χ2n) is 7.39. The Labute approximate surface area is 202 Å². The van der Waals surface area contributed by atoms with Crippen LogP contribution in [0.1, 0.15) is 22.7 Å². The van der Waals surface area contributed by atoms with Gasteiger partial charge in [0.2, 0.25) is 11.6 Å². The second-order valence-corrected chi connectivity index (χ2v) is 7.80. The van der Waals surface area contributed by atoms with Gasteiger partial charge < -0.3 is 10.6 Å². The molecule has 4 rings (SSSR count). The van der Waals surface area contributed by atoms with Crippen molar-refractivity contribution in [1.82, 2.24) is 9.97 Å². The molecule has 0 atom stereocenters. The van der Waals surface area contributed by atoms with Crippen molar-refractivity contribution in [2.45, 2.75) is 12.2 Å². The first-order valence-corrected chi connectivity index (χ1v) is 10.6. The lowest BCUT2D eigenvalue weighted by molar-refractivity contribution is -0.383. The molecular formula is C24H17ClF3N5O2. The van der Waals surface area contributed by atoms with Crippen LogP contribution < -0.4 is 10.6 Å². The van der Waals surface area contributed by atoms with E-state index in [0.29, 0.717) is 0 Å². The number of halogens is 4. The Hall–Kier alpha value is -4.18. The Balaban J connectivity index is 1.76. The van der Waals surface area contributed by atoms with Gasteiger partial charge in [-0.15, -0.1) is 0 Å². The van der Waals surface area contributed by atoms with Gasteiger partial charge in [0.25, 0.3) is 0 Å². The second kappa shape index (κ2) is 9.98. The molecule has 0 unspecified atom stereocenters. The first kappa shape index (κ1) is 24.0. The van der Waals surface area contributed by atoms with Crippen LogP contribution in [0.2, 0.25) is 5.02 Å². The van der Waals surface area contributed by atoms with Crippen LogP contribution in [0.25, 0.3) is 0 Å². The van der Waals surface area contributed by atoms with Gasteiger partial charge in [0.1, 0.15) is 6.33 Å². The summed E-state index contributed by atoms with van der Waals surface area (Å²) in [5, 5.41) is 17.6. The zero-order valence-corrected chi connectivity index (χ0v) is 18.6. The molecule has 0 aliphatic rings. The lowest BCUT2D eigenvalue weighted by atomic mass is 9.99. The van der Waals surface area contributed by atoms with Crippen molar-refractivity contribution in [3.63, 3.8) is 0 Å². The van der Waals surface area contributed by atoms with E-state index >= 15 is 0 Å². The molecule has 0 aliphatic heterocycles. The highest BCUT2D eigenvalue weighted by molar-refractivity contribution is 6.33. The predicted molar refractivity (Wildman–Crippen MR) is 127 cm³/mol. The highest BCUT2D eigenvalue weighted by Crippen LogP contribution is 2.38. The predicted octanol–water partition coefficient (Wildman–Crippen LogP) is 7.00. The summed E-state index contributed by atoms with van der Waals surface area (Å²) in [5.74, 6) is -0.429. The van der Waals surface area contributed by atoms with Crippen LogP contribution in [0.4, 0.5) is 36.2 Å². The van der Waals surface area contributed by atoms with Crippen molar-refractivity contribution in [2.75, 3.05) is 10.6 Å². The largest absolute Gasteiger partial charge is 0.416 e. The summed E-state index contributed by atoms with van der Waals surface area (Å²) in [6, 6.07) is 20.6. The van der Waals surface area contributed by atoms with Crippen LogP contribution in [-0.4, -0.2) is 14.9 Å². The first-order chi connectivity index (χ1) is 16.7. The van der Waals surface area contributed by atoms with Crippen LogP contribution in [0.5, 0.6) is 0 Å². The number of benzene rings is 3. The van der Waals surface area contributed by atoms with Crippen LogP contribution in [-0.2, 0) is 6.18 Å². The minimum absolute atomic E-state index is 0.0631. The van der Waals surface area contributed by atoms with Crippen LogP contribution >= 0.6 is 11.6 Å². The van der Waals surface area contributed by atoms with E-state index in [1.165, 1.54) is 0 Å². The molecule has 0 saturated carbocycles. The summed E-state index contributed by atoms with van der Waals surface area (Å²) in [5.41, 5.74) is -0.0495. The maximum Gasteiger partial charge on any atom is 0.416 e. The van der Waals surface area contributed by atoms with Gasteiger partial charge in [-0.25, -0.2) is 9.97 Å². The Morgan fingerprint density at radius 3 is 2.00 bits per heavy atom. The SMILES string of the molecule is O=[N+]([O-])c1c(Nc2cc(C(F)(F)F)ccc2Cl)ncnc1NC(c1ccccc1)c1ccccc1. The Kier molecular flexibility index (Phi) is 6.83. The van der Waals surface area contributed by atoms with Crippen molar-refractivity contribution in [2.24, 2.45) is 0 Å². The van der Waals surface area contributed by atoms with Gasteiger partial charge >= 0.3 is 11.9 Å². The fraction of sp³-hybridized carbons (Fsp3) is 0.0833. The molecule has 0 saturated heterocycles. The van der Waals surface area contributed by atoms with E-state index in [-0.39, 0.29) is 22.3 Å². The van der Waals surface area contributed by atoms with Gasteiger partial charge in [-0.1, -0.05) is 72.3 Å². The molecule has 178 valence electrons. The molecule has 11 heteroatoms. The third kappa shape index (κ3) is 5.49. The third-order valence-corrected chi connectivity index (χ3v) is 5.43. The average Bonchev–Trinajstić information content (AvgIpc) is 2.84. The standard InChI is InChI=1S/C24H17ClF3N5O2/c25-18-12-11-17(24(26,27)28)13-19(18)31-22-21(33(34)35)23(30-14-29-22)32-20(15-7-3-1-4-8-15)16-9-5-2-6-10-16/h1-14,20H,(H2,29,30,31,32). The summed E-state index contributed by atoms with van der Waals surface area (Å²) in [4.78, 5) is 19.3. The number of hydrogen-bond acceptors (Lipinski definition) is 6. The van der Waals surface area contributed by atoms with Gasteiger partial charge in [-0.05, 0) is 29.3 Å². The lowest BCUT2D eigenvalue weighted by Gasteiger charge is -2.21. The third-order valence-electron chi connectivity index (χ3n) is 5.10. The molecule has 3 aromatic carbocycles. The fourth-order valence-electron chi connectivity index (χ4n) is 3.46. The lowest BCUT2D eigenvalue weighted by Crippen LogP contribution is -2.15. The summed E-state index contributed by atoms with van der Waals surface area (Å²) < 4.78 is 39.5. The van der Waals surface area contributed by atoms with Gasteiger partial charge in [0, 0.05) is 0 Å². The van der Waals surface area contributed by atoms with Crippen molar-refractivity contribution in [3.8, 4) is 0 Å². The number of nitro groups is 1. The number of aromatic nitrogens is 2. The topological polar surface area (TPSA) is 93.0 Å². The number of hydrogen-bond donors (Lipinski definition) is 2. The summed E-state index contributed by atoms with van der Waals surface area (Å²) >= 11 is 6.05. The fourth-order valence-corrected chi connectivity index (χ4v) is 3.63. The van der Waals surface area contributed by atoms with Crippen LogP contribution in [0.15, 0.2) is 85.2 Å². The van der Waals surface area contributed by atoms with Crippen molar-refractivity contribution in [1.29, 1.82) is 0 Å². The van der Waals surface area contributed by atoms with Gasteiger partial charge in [0.05, 0.1) is 27.2 Å². The average molecular weight is 500 g/mol. The number of nitrogens with zero attached hydrogens (tertiary/aromatic N) is 3. The summed E-state index contributed by atoms with van der Waals surface area (Å²) in [7, 11) is 0. The first-order valence-electron chi connectivity index (χ1n) is 10.2. The van der Waals surface area contributed by atoms with E-state index in [1.54, 1.807) is 0 Å². The van der Waals surface area contributed by atoms with E-state index in [9.17, 15) is 23.3 Å². The van der Waals surface area contributed by atoms with Crippen molar-refractivity contribution >= 4 is 34.6 Å². The van der Waals surface area contributed by atoms with Gasteiger partial charge in [0.15, 0.2) is 0 Å². The Bertz CT molecular complexity index is 1300. The summed E-state index contributed by atoms with van der Waals surface area (Å²) in [6.07, 6.45) is -3.55. The van der Waals surface area contributed by atoms with Crippen molar-refractivity contribution in [3.05, 3.63) is 117 Å². The smallest absolute Gasteiger partial charge is 0.353 e. The molecule has 2 N–H and O–H groups in total. The monoisotopic (exact) mass is 499 g/mol. The normalized spacial score (nSPS) is 11.3. The van der Waals surface area contributed by atoms with Crippen LogP contribution in [0, 0.1) is 10.1 Å². The minimum atomic E-state index is -4.62. The molecular weight excluding hydrogens is 483 g/mol. The quantitative estimate of drug-likeness (QED) is 0.210. The van der Waals surface area contributed by atoms with E-state index in [4.69, 9.17) is 11.6 Å². The molecule has 0 radical (unpaired) electrons. The molecule has 1 heterocycles. The Morgan fingerprint density at radius 1 is 0.886 bits per heavy atom. The summed E-state index contributed by atoms with van der Waals surface area (Å²) in [6.45, 7) is 0. The molecule has 0 amide bonds. The highest BCUT2D eigenvalue weighted by atomic mass is 35.5. The number of rotatable bonds is 7. The maximum absolute atomic E-state index is 13.2. The number of nitrogens with one attached hydrogen (secondary N) is 2. The van der Waals surface area contributed by atoms with Gasteiger partial charge in [-0.3, -0.25) is 10.1 Å². The number of anilines is 3. The van der Waals surface area contributed by atoms with Gasteiger partial charge in [-0.2, -0.15) is 13.2 Å². The van der Waals surface area contributed by atoms with Crippen molar-refractivity contribution < 1.29 is 18.1 Å². The molecule has 35 heavy (non-hydrogen) atoms. The Morgan fingerprint density at radius 2 is 1.46 bits per heavy atom. The van der Waals surface area contributed by atoms with Crippen LogP contribution in [0.3, 0.4) is 0 Å². The highest BCUT2D eigenvalue weighted by Gasteiger charge is 2.32. The maximum atomic E-state index is 13.2. The zero-order chi connectivity index (χ0) is 25.0. The van der Waals surface area contributed by atoms with E-state index < -0.39 is 28.4 Å². The molecule has 0 spiro atoms. The van der Waals surface area contributed by atoms with E-state index in [0.717, 1.165) is 35.7 Å². The molecule has 4 aromatic rings. The van der Waals surface area contributed by atoms with E-state index in [2.05, 4.69) is 20.6 Å².